The number of anilines is 1. The van der Waals surface area contributed by atoms with E-state index in [0.29, 0.717) is 5.69 Å². The molecule has 0 saturated carbocycles. The van der Waals surface area contributed by atoms with Crippen molar-refractivity contribution in [3.05, 3.63) is 59.2 Å². The van der Waals surface area contributed by atoms with Crippen LogP contribution >= 0.6 is 0 Å². The van der Waals surface area contributed by atoms with Crippen LogP contribution in [0.3, 0.4) is 0 Å². The van der Waals surface area contributed by atoms with Crippen molar-refractivity contribution in [3.8, 4) is 0 Å². The van der Waals surface area contributed by atoms with Crippen LogP contribution in [0.25, 0.3) is 0 Å². The minimum Gasteiger partial charge on any atom is -0.398 e. The lowest BCUT2D eigenvalue weighted by molar-refractivity contribution is 0.612. The predicted octanol–water partition coefficient (Wildman–Crippen LogP) is 1.66. The maximum atomic E-state index is 13.1. The number of halogens is 1. The highest BCUT2D eigenvalue weighted by molar-refractivity contribution is 5.50. The van der Waals surface area contributed by atoms with Gasteiger partial charge >= 0.3 is 0 Å². The minimum absolute atomic E-state index is 0.272. The summed E-state index contributed by atoms with van der Waals surface area (Å²) in [7, 11) is 0. The number of aromatic nitrogens is 1. The summed E-state index contributed by atoms with van der Waals surface area (Å²) in [5.74, 6) is 5.31. The second kappa shape index (κ2) is 5.12. The van der Waals surface area contributed by atoms with Gasteiger partial charge < -0.3 is 5.73 Å². The van der Waals surface area contributed by atoms with E-state index in [1.54, 1.807) is 24.5 Å². The zero-order valence-electron chi connectivity index (χ0n) is 10.0. The van der Waals surface area contributed by atoms with E-state index < -0.39 is 0 Å². The number of aryl methyl sites for hydroxylation is 1. The van der Waals surface area contributed by atoms with Crippen LogP contribution in [0.2, 0.25) is 0 Å². The molecule has 2 rings (SSSR count). The summed E-state index contributed by atoms with van der Waals surface area (Å²) in [6.07, 6.45) is 3.27. The molecule has 0 saturated heterocycles. The molecule has 1 aromatic heterocycles. The number of hydrazine groups is 1. The van der Waals surface area contributed by atoms with E-state index in [9.17, 15) is 4.39 Å². The van der Waals surface area contributed by atoms with Crippen molar-refractivity contribution in [2.24, 2.45) is 5.84 Å². The van der Waals surface area contributed by atoms with Crippen molar-refractivity contribution >= 4 is 5.69 Å². The van der Waals surface area contributed by atoms with Crippen LogP contribution in [0.15, 0.2) is 36.7 Å². The van der Waals surface area contributed by atoms with Crippen molar-refractivity contribution in [1.82, 2.24) is 10.4 Å². The summed E-state index contributed by atoms with van der Waals surface area (Å²) < 4.78 is 13.1. The molecule has 2 aromatic rings. The molecule has 0 spiro atoms. The molecule has 18 heavy (non-hydrogen) atoms. The number of hydrogen-bond donors (Lipinski definition) is 3. The highest BCUT2D eigenvalue weighted by atomic mass is 19.1. The van der Waals surface area contributed by atoms with Crippen LogP contribution in [0.1, 0.15) is 22.7 Å². The number of pyridine rings is 1. The number of nitrogen functional groups attached to an aromatic ring is 1. The molecule has 4 nitrogen and oxygen atoms in total. The van der Waals surface area contributed by atoms with E-state index in [-0.39, 0.29) is 11.9 Å². The lowest BCUT2D eigenvalue weighted by atomic mass is 9.95. The molecule has 1 heterocycles. The van der Waals surface area contributed by atoms with Crippen molar-refractivity contribution < 1.29 is 4.39 Å². The molecular formula is C13H15FN4. The Balaban J connectivity index is 2.49. The van der Waals surface area contributed by atoms with E-state index in [1.165, 1.54) is 12.1 Å². The van der Waals surface area contributed by atoms with Crippen LogP contribution in [-0.2, 0) is 0 Å². The Bertz CT molecular complexity index is 556. The van der Waals surface area contributed by atoms with Gasteiger partial charge in [-0.3, -0.25) is 10.8 Å². The number of hydrogen-bond acceptors (Lipinski definition) is 4. The standard InChI is InChI=1S/C13H15FN4/c1-8-6-9(14)2-3-10(8)13(18-16)11-7-17-5-4-12(11)15/h2-7,13,18H,16H2,1H3,(H2,15,17). The maximum absolute atomic E-state index is 13.1. The van der Waals surface area contributed by atoms with E-state index in [4.69, 9.17) is 11.6 Å². The summed E-state index contributed by atoms with van der Waals surface area (Å²) in [5, 5.41) is 0. The third-order valence-corrected chi connectivity index (χ3v) is 2.91. The second-order valence-corrected chi connectivity index (χ2v) is 4.11. The quantitative estimate of drug-likeness (QED) is 0.568. The van der Waals surface area contributed by atoms with Gasteiger partial charge in [0.15, 0.2) is 0 Å². The first-order valence-electron chi connectivity index (χ1n) is 5.55. The van der Waals surface area contributed by atoms with Crippen molar-refractivity contribution in [2.45, 2.75) is 13.0 Å². The van der Waals surface area contributed by atoms with Gasteiger partial charge in [0.2, 0.25) is 0 Å². The summed E-state index contributed by atoms with van der Waals surface area (Å²) in [6.45, 7) is 1.83. The molecule has 1 unspecified atom stereocenters. The minimum atomic E-state index is -0.306. The second-order valence-electron chi connectivity index (χ2n) is 4.11. The topological polar surface area (TPSA) is 77.0 Å². The van der Waals surface area contributed by atoms with Crippen molar-refractivity contribution in [2.75, 3.05) is 5.73 Å². The molecule has 1 atom stereocenters. The van der Waals surface area contributed by atoms with Crippen LogP contribution in [0.4, 0.5) is 10.1 Å². The highest BCUT2D eigenvalue weighted by Gasteiger charge is 2.17. The smallest absolute Gasteiger partial charge is 0.123 e. The van der Waals surface area contributed by atoms with Crippen LogP contribution in [0.5, 0.6) is 0 Å². The molecular weight excluding hydrogens is 231 g/mol. The van der Waals surface area contributed by atoms with Gasteiger partial charge in [0.1, 0.15) is 5.82 Å². The average Bonchev–Trinajstić information content (AvgIpc) is 2.34. The van der Waals surface area contributed by atoms with E-state index in [1.807, 2.05) is 6.92 Å². The Labute approximate surface area is 105 Å². The third-order valence-electron chi connectivity index (χ3n) is 2.91. The third kappa shape index (κ3) is 2.32. The van der Waals surface area contributed by atoms with Gasteiger partial charge in [-0.25, -0.2) is 9.82 Å². The Kier molecular flexibility index (Phi) is 3.55. The summed E-state index contributed by atoms with van der Waals surface area (Å²) in [6, 6.07) is 5.96. The number of rotatable bonds is 3. The normalized spacial score (nSPS) is 12.4. The molecule has 0 fully saturated rings. The molecule has 0 aliphatic carbocycles. The molecule has 5 heteroatoms. The van der Waals surface area contributed by atoms with E-state index in [0.717, 1.165) is 16.7 Å². The van der Waals surface area contributed by atoms with Gasteiger partial charge in [0.25, 0.3) is 0 Å². The Hall–Kier alpha value is -1.98. The predicted molar refractivity (Wildman–Crippen MR) is 69.0 cm³/mol. The zero-order chi connectivity index (χ0) is 13.1. The van der Waals surface area contributed by atoms with Gasteiger partial charge in [0.05, 0.1) is 6.04 Å². The van der Waals surface area contributed by atoms with Crippen molar-refractivity contribution in [3.63, 3.8) is 0 Å². The average molecular weight is 246 g/mol. The summed E-state index contributed by atoms with van der Waals surface area (Å²) >= 11 is 0. The Morgan fingerprint density at radius 3 is 2.67 bits per heavy atom. The molecule has 5 N–H and O–H groups in total. The fourth-order valence-electron chi connectivity index (χ4n) is 1.97. The van der Waals surface area contributed by atoms with Crippen LogP contribution in [-0.4, -0.2) is 4.98 Å². The fraction of sp³-hybridized carbons (Fsp3) is 0.154. The highest BCUT2D eigenvalue weighted by Crippen LogP contribution is 2.27. The first-order chi connectivity index (χ1) is 8.63. The first-order valence-corrected chi connectivity index (χ1v) is 5.55. The van der Waals surface area contributed by atoms with Crippen molar-refractivity contribution in [1.29, 1.82) is 0 Å². The van der Waals surface area contributed by atoms with Gasteiger partial charge in [-0.1, -0.05) is 6.07 Å². The van der Waals surface area contributed by atoms with Gasteiger partial charge in [-0.05, 0) is 36.2 Å². The van der Waals surface area contributed by atoms with Gasteiger partial charge in [0, 0.05) is 23.6 Å². The number of nitrogens with two attached hydrogens (primary N) is 2. The van der Waals surface area contributed by atoms with Crippen LogP contribution < -0.4 is 17.0 Å². The van der Waals surface area contributed by atoms with E-state index in [2.05, 4.69) is 10.4 Å². The molecule has 94 valence electrons. The summed E-state index contributed by atoms with van der Waals surface area (Å²) in [4.78, 5) is 4.04. The molecule has 1 aromatic carbocycles. The van der Waals surface area contributed by atoms with Gasteiger partial charge in [-0.2, -0.15) is 0 Å². The molecule has 0 amide bonds. The Morgan fingerprint density at radius 2 is 2.06 bits per heavy atom. The summed E-state index contributed by atoms with van der Waals surface area (Å²) in [5.41, 5.74) is 11.6. The molecule has 0 bridgehead atoms. The Morgan fingerprint density at radius 1 is 1.28 bits per heavy atom. The first kappa shape index (κ1) is 12.5. The van der Waals surface area contributed by atoms with Gasteiger partial charge in [-0.15, -0.1) is 0 Å². The van der Waals surface area contributed by atoms with E-state index >= 15 is 0 Å². The lowest BCUT2D eigenvalue weighted by Gasteiger charge is -2.20. The lowest BCUT2D eigenvalue weighted by Crippen LogP contribution is -2.30. The largest absolute Gasteiger partial charge is 0.398 e. The molecule has 0 radical (unpaired) electrons. The van der Waals surface area contributed by atoms with Crippen LogP contribution in [0, 0.1) is 12.7 Å². The maximum Gasteiger partial charge on any atom is 0.123 e. The fourth-order valence-corrected chi connectivity index (χ4v) is 1.97. The SMILES string of the molecule is Cc1cc(F)ccc1C(NN)c1cnccc1N. The number of nitrogens with one attached hydrogen (secondary N) is 1. The number of nitrogens with zero attached hydrogens (tertiary/aromatic N) is 1. The number of benzene rings is 1. The zero-order valence-corrected chi connectivity index (χ0v) is 10.0. The monoisotopic (exact) mass is 246 g/mol. The molecule has 0 aliphatic rings. The molecule has 0 aliphatic heterocycles.